The first-order valence-electron chi connectivity index (χ1n) is 7.60. The first kappa shape index (κ1) is 11.0. The molecule has 0 N–H and O–H groups in total. The van der Waals surface area contributed by atoms with Crippen LogP contribution in [0.1, 0.15) is 44.9 Å². The molecule has 0 bridgehead atoms. The third-order valence-corrected chi connectivity index (χ3v) is 5.41. The molecule has 98 valence electrons. The van der Waals surface area contributed by atoms with E-state index in [4.69, 9.17) is 0 Å². The molecule has 4 aliphatic heterocycles. The maximum absolute atomic E-state index is 12.1. The van der Waals surface area contributed by atoms with Gasteiger partial charge in [0.15, 0.2) is 0 Å². The Kier molecular flexibility index (Phi) is 2.51. The Morgan fingerprint density at radius 1 is 1.06 bits per heavy atom. The Balaban J connectivity index is 1.74. The standard InChI is InChI=1S/C15H22N2O/c18-14-7-1-6-13-12-5-3-9-16-8-2-4-11(15(12)16)10-17(13)14/h10,12-13,15H,1-9H2/t12-,13-,15+/m1/s1. The van der Waals surface area contributed by atoms with E-state index in [0.717, 1.165) is 18.8 Å². The van der Waals surface area contributed by atoms with Crippen molar-refractivity contribution in [1.82, 2.24) is 9.80 Å². The van der Waals surface area contributed by atoms with Crippen molar-refractivity contribution in [3.8, 4) is 0 Å². The summed E-state index contributed by atoms with van der Waals surface area (Å²) in [6, 6.07) is 1.19. The summed E-state index contributed by atoms with van der Waals surface area (Å²) in [7, 11) is 0. The number of hydrogen-bond donors (Lipinski definition) is 0. The highest BCUT2D eigenvalue weighted by Crippen LogP contribution is 2.43. The van der Waals surface area contributed by atoms with Crippen LogP contribution in [-0.4, -0.2) is 40.9 Å². The van der Waals surface area contributed by atoms with E-state index in [-0.39, 0.29) is 0 Å². The minimum Gasteiger partial charge on any atom is -0.316 e. The number of carbonyl (C=O) groups excluding carboxylic acids is 1. The van der Waals surface area contributed by atoms with Gasteiger partial charge in [-0.1, -0.05) is 0 Å². The van der Waals surface area contributed by atoms with Crippen molar-refractivity contribution in [3.05, 3.63) is 11.8 Å². The van der Waals surface area contributed by atoms with Gasteiger partial charge in [-0.3, -0.25) is 9.69 Å². The number of carbonyl (C=O) groups is 1. The molecule has 3 nitrogen and oxygen atoms in total. The molecule has 1 amide bonds. The minimum absolute atomic E-state index is 0.375. The zero-order valence-corrected chi connectivity index (χ0v) is 11.0. The fraction of sp³-hybridized carbons (Fsp3) is 0.800. The molecule has 4 aliphatic rings. The van der Waals surface area contributed by atoms with Gasteiger partial charge in [-0.25, -0.2) is 0 Å². The van der Waals surface area contributed by atoms with Crippen LogP contribution in [-0.2, 0) is 4.79 Å². The van der Waals surface area contributed by atoms with Gasteiger partial charge in [0, 0.05) is 24.7 Å². The highest BCUT2D eigenvalue weighted by Gasteiger charge is 2.46. The third kappa shape index (κ3) is 1.49. The Morgan fingerprint density at radius 2 is 1.94 bits per heavy atom. The van der Waals surface area contributed by atoms with E-state index in [9.17, 15) is 4.79 Å². The van der Waals surface area contributed by atoms with Crippen molar-refractivity contribution in [2.75, 3.05) is 13.1 Å². The number of amides is 1. The second-order valence-corrected chi connectivity index (χ2v) is 6.36. The van der Waals surface area contributed by atoms with Crippen LogP contribution in [0.2, 0.25) is 0 Å². The smallest absolute Gasteiger partial charge is 0.226 e. The lowest BCUT2D eigenvalue weighted by Crippen LogP contribution is -2.60. The lowest BCUT2D eigenvalue weighted by molar-refractivity contribution is -0.136. The molecular weight excluding hydrogens is 224 g/mol. The number of nitrogens with zero attached hydrogens (tertiary/aromatic N) is 2. The Bertz CT molecular complexity index is 401. The van der Waals surface area contributed by atoms with Gasteiger partial charge in [0.25, 0.3) is 0 Å². The summed E-state index contributed by atoms with van der Waals surface area (Å²) in [6.07, 6.45) is 10.5. The molecule has 4 rings (SSSR count). The summed E-state index contributed by atoms with van der Waals surface area (Å²) in [6.45, 7) is 2.55. The van der Waals surface area contributed by atoms with Crippen molar-refractivity contribution in [2.24, 2.45) is 5.92 Å². The van der Waals surface area contributed by atoms with Crippen molar-refractivity contribution < 1.29 is 4.79 Å². The fourth-order valence-corrected chi connectivity index (χ4v) is 4.72. The van der Waals surface area contributed by atoms with Gasteiger partial charge in [-0.15, -0.1) is 0 Å². The second-order valence-electron chi connectivity index (χ2n) is 6.36. The zero-order valence-electron chi connectivity index (χ0n) is 11.0. The summed E-state index contributed by atoms with van der Waals surface area (Å²) in [5.74, 6) is 1.10. The molecule has 0 unspecified atom stereocenters. The van der Waals surface area contributed by atoms with E-state index in [1.165, 1.54) is 45.2 Å². The first-order valence-corrected chi connectivity index (χ1v) is 7.60. The molecule has 4 heterocycles. The van der Waals surface area contributed by atoms with E-state index < -0.39 is 0 Å². The molecule has 0 radical (unpaired) electrons. The van der Waals surface area contributed by atoms with Gasteiger partial charge in [0.2, 0.25) is 5.91 Å². The topological polar surface area (TPSA) is 23.6 Å². The predicted octanol–water partition coefficient (Wildman–Crippen LogP) is 2.14. The van der Waals surface area contributed by atoms with Gasteiger partial charge < -0.3 is 4.90 Å². The highest BCUT2D eigenvalue weighted by molar-refractivity contribution is 5.78. The molecule has 0 spiro atoms. The molecular formula is C15H22N2O. The van der Waals surface area contributed by atoms with Crippen LogP contribution in [0, 0.1) is 5.92 Å². The molecule has 18 heavy (non-hydrogen) atoms. The summed E-state index contributed by atoms with van der Waals surface area (Å²) in [5.41, 5.74) is 1.55. The molecule has 0 aromatic carbocycles. The third-order valence-electron chi connectivity index (χ3n) is 5.41. The lowest BCUT2D eigenvalue weighted by atomic mass is 9.72. The monoisotopic (exact) mass is 246 g/mol. The molecule has 0 saturated carbocycles. The quantitative estimate of drug-likeness (QED) is 0.654. The van der Waals surface area contributed by atoms with Crippen LogP contribution in [0.5, 0.6) is 0 Å². The number of fused-ring (bicyclic) bond motifs is 2. The fourth-order valence-electron chi connectivity index (χ4n) is 4.72. The number of rotatable bonds is 0. The molecule has 3 saturated heterocycles. The van der Waals surface area contributed by atoms with Crippen molar-refractivity contribution in [3.63, 3.8) is 0 Å². The average Bonchev–Trinajstić information content (AvgIpc) is 2.41. The van der Waals surface area contributed by atoms with Crippen LogP contribution >= 0.6 is 0 Å². The Hall–Kier alpha value is -0.830. The maximum atomic E-state index is 12.1. The molecule has 0 aromatic rings. The van der Waals surface area contributed by atoms with Gasteiger partial charge in [0.1, 0.15) is 0 Å². The summed E-state index contributed by atoms with van der Waals surface area (Å²) in [4.78, 5) is 16.9. The summed E-state index contributed by atoms with van der Waals surface area (Å²) >= 11 is 0. The first-order chi connectivity index (χ1) is 8.84. The zero-order chi connectivity index (χ0) is 12.1. The van der Waals surface area contributed by atoms with Crippen LogP contribution < -0.4 is 0 Å². The van der Waals surface area contributed by atoms with E-state index in [1.807, 2.05) is 0 Å². The van der Waals surface area contributed by atoms with E-state index in [1.54, 1.807) is 5.57 Å². The predicted molar refractivity (Wildman–Crippen MR) is 69.9 cm³/mol. The van der Waals surface area contributed by atoms with E-state index in [2.05, 4.69) is 16.0 Å². The molecule has 0 aromatic heterocycles. The van der Waals surface area contributed by atoms with Crippen molar-refractivity contribution in [1.29, 1.82) is 0 Å². The Labute approximate surface area is 109 Å². The second kappa shape index (κ2) is 4.09. The maximum Gasteiger partial charge on any atom is 0.226 e. The normalized spacial score (nSPS) is 40.0. The molecule has 3 fully saturated rings. The average molecular weight is 246 g/mol. The summed E-state index contributed by atoms with van der Waals surface area (Å²) in [5, 5.41) is 0. The lowest BCUT2D eigenvalue weighted by Gasteiger charge is -2.54. The van der Waals surface area contributed by atoms with E-state index >= 15 is 0 Å². The minimum atomic E-state index is 0.375. The van der Waals surface area contributed by atoms with Crippen LogP contribution in [0.3, 0.4) is 0 Å². The summed E-state index contributed by atoms with van der Waals surface area (Å²) < 4.78 is 0. The Morgan fingerprint density at radius 3 is 2.89 bits per heavy atom. The van der Waals surface area contributed by atoms with Gasteiger partial charge in [0.05, 0.1) is 0 Å². The largest absolute Gasteiger partial charge is 0.316 e. The number of piperidine rings is 3. The van der Waals surface area contributed by atoms with Crippen molar-refractivity contribution >= 4 is 5.91 Å². The molecule has 0 aliphatic carbocycles. The van der Waals surface area contributed by atoms with Crippen LogP contribution in [0.25, 0.3) is 0 Å². The SMILES string of the molecule is O=C1CCC[C@@H]2[C@H]3CCCN4CCCC(=CN12)[C@@H]34. The van der Waals surface area contributed by atoms with Gasteiger partial charge in [-0.2, -0.15) is 0 Å². The van der Waals surface area contributed by atoms with Gasteiger partial charge in [-0.05, 0) is 63.1 Å². The van der Waals surface area contributed by atoms with Gasteiger partial charge >= 0.3 is 0 Å². The van der Waals surface area contributed by atoms with E-state index in [0.29, 0.717) is 18.0 Å². The van der Waals surface area contributed by atoms with Crippen molar-refractivity contribution in [2.45, 2.75) is 57.0 Å². The number of hydrogen-bond acceptors (Lipinski definition) is 2. The molecule has 3 heteroatoms. The van der Waals surface area contributed by atoms with Crippen LogP contribution in [0.4, 0.5) is 0 Å². The highest BCUT2D eigenvalue weighted by atomic mass is 16.2. The van der Waals surface area contributed by atoms with Crippen LogP contribution in [0.15, 0.2) is 11.8 Å². The molecule has 3 atom stereocenters.